The zero-order valence-corrected chi connectivity index (χ0v) is 24.5. The number of allylic oxidation sites excluding steroid dienone is 2. The molecule has 4 nitrogen and oxygen atoms in total. The highest BCUT2D eigenvalue weighted by Gasteiger charge is 2.49. The fourth-order valence-corrected chi connectivity index (χ4v) is 8.10. The lowest BCUT2D eigenvalue weighted by molar-refractivity contribution is -0.0983. The van der Waals surface area contributed by atoms with Gasteiger partial charge in [-0.1, -0.05) is 92.4 Å². The fourth-order valence-electron chi connectivity index (χ4n) is 7.73. The van der Waals surface area contributed by atoms with Gasteiger partial charge in [0.25, 0.3) is 0 Å². The molecule has 0 saturated heterocycles. The van der Waals surface area contributed by atoms with Gasteiger partial charge in [-0.2, -0.15) is 5.48 Å². The molecule has 1 fully saturated rings. The minimum atomic E-state index is -0.677. The van der Waals surface area contributed by atoms with Crippen LogP contribution in [-0.2, 0) is 9.57 Å². The van der Waals surface area contributed by atoms with Gasteiger partial charge in [-0.05, 0) is 103 Å². The van der Waals surface area contributed by atoms with Crippen molar-refractivity contribution in [2.24, 2.45) is 11.8 Å². The Morgan fingerprint density at radius 3 is 2.23 bits per heavy atom. The van der Waals surface area contributed by atoms with Gasteiger partial charge in [-0.15, -0.1) is 0 Å². The summed E-state index contributed by atoms with van der Waals surface area (Å²) in [5.41, 5.74) is 9.51. The molecule has 4 aliphatic rings. The van der Waals surface area contributed by atoms with Gasteiger partial charge in [0.2, 0.25) is 0 Å². The molecule has 2 unspecified atom stereocenters. The summed E-state index contributed by atoms with van der Waals surface area (Å²) in [6, 6.07) is 16.8. The van der Waals surface area contributed by atoms with Crippen molar-refractivity contribution in [3.63, 3.8) is 0 Å². The topological polar surface area (TPSA) is 47.6 Å². The predicted octanol–water partition coefficient (Wildman–Crippen LogP) is 9.59. The number of fused-ring (bicyclic) bond motifs is 3. The number of hydroxylamine groups is 1. The first-order chi connectivity index (χ1) is 19.6. The third-order valence-electron chi connectivity index (χ3n) is 9.82. The molecule has 0 bridgehead atoms. The van der Waals surface area contributed by atoms with Crippen LogP contribution in [0, 0.1) is 11.8 Å². The molecule has 6 rings (SSSR count). The van der Waals surface area contributed by atoms with E-state index in [9.17, 15) is 4.79 Å². The maximum absolute atomic E-state index is 13.3. The largest absolute Gasteiger partial charge is 0.447 e. The first-order valence-corrected chi connectivity index (χ1v) is 15.8. The van der Waals surface area contributed by atoms with Crippen LogP contribution in [0.3, 0.4) is 0 Å². The Bertz CT molecular complexity index is 1250. The van der Waals surface area contributed by atoms with E-state index in [0.29, 0.717) is 11.8 Å². The lowest BCUT2D eigenvalue weighted by Crippen LogP contribution is -2.51. The van der Waals surface area contributed by atoms with Crippen molar-refractivity contribution in [1.82, 2.24) is 5.48 Å². The quantitative estimate of drug-likeness (QED) is 0.271. The van der Waals surface area contributed by atoms with E-state index in [1.54, 1.807) is 0 Å². The van der Waals surface area contributed by atoms with Crippen molar-refractivity contribution in [3.05, 3.63) is 81.9 Å². The van der Waals surface area contributed by atoms with Crippen LogP contribution in [0.5, 0.6) is 0 Å². The number of nitrogens with one attached hydrogen (secondary N) is 1. The monoisotopic (exact) mass is 559 g/mol. The minimum absolute atomic E-state index is 0.0132. The number of hydrogen-bond acceptors (Lipinski definition) is 3. The van der Waals surface area contributed by atoms with Crippen LogP contribution in [0.15, 0.2) is 70.8 Å². The van der Waals surface area contributed by atoms with Crippen molar-refractivity contribution in [2.45, 2.75) is 95.5 Å². The second-order valence-corrected chi connectivity index (χ2v) is 12.8. The number of halogens is 1. The molecule has 5 heteroatoms. The van der Waals surface area contributed by atoms with Crippen molar-refractivity contribution < 1.29 is 14.4 Å². The Kier molecular flexibility index (Phi) is 8.37. The Morgan fingerprint density at radius 2 is 1.57 bits per heavy atom. The Morgan fingerprint density at radius 1 is 0.900 bits per heavy atom. The zero-order chi connectivity index (χ0) is 27.5. The van der Waals surface area contributed by atoms with Crippen LogP contribution >= 0.6 is 11.6 Å². The van der Waals surface area contributed by atoms with E-state index >= 15 is 0 Å². The van der Waals surface area contributed by atoms with E-state index in [1.807, 2.05) is 0 Å². The summed E-state index contributed by atoms with van der Waals surface area (Å²) >= 11 is 7.02. The third-order valence-corrected chi connectivity index (χ3v) is 10.2. The molecule has 0 heterocycles. The first-order valence-electron chi connectivity index (χ1n) is 15.4. The Balaban J connectivity index is 1.25. The maximum atomic E-state index is 13.3. The Hall–Kier alpha value is -2.56. The van der Waals surface area contributed by atoms with Crippen LogP contribution in [-0.4, -0.2) is 18.3 Å². The normalized spacial score (nSPS) is 23.1. The molecule has 1 N–H and O–H groups in total. The number of hydrogen-bond donors (Lipinski definition) is 1. The second kappa shape index (κ2) is 12.1. The van der Waals surface area contributed by atoms with E-state index in [2.05, 4.69) is 67.0 Å². The van der Waals surface area contributed by atoms with E-state index < -0.39 is 11.7 Å². The molecule has 1 saturated carbocycles. The average molecular weight is 560 g/mol. The SMILES string of the molecule is CC1CC=C(C(ONC(=O)OCC2c3ccccc3-c3ccccc32)(C2=C(Cl)CCCC2)C2CCCCC2)CC1. The molecule has 2 aromatic rings. The summed E-state index contributed by atoms with van der Waals surface area (Å²) in [7, 11) is 0. The van der Waals surface area contributed by atoms with Crippen LogP contribution in [0.4, 0.5) is 4.79 Å². The second-order valence-electron chi connectivity index (χ2n) is 12.3. The van der Waals surface area contributed by atoms with E-state index in [1.165, 1.54) is 52.7 Å². The molecule has 2 aromatic carbocycles. The summed E-state index contributed by atoms with van der Waals surface area (Å²) in [5, 5.41) is 0.936. The fraction of sp³-hybridized carbons (Fsp3) is 0.514. The number of ether oxygens (including phenoxy) is 1. The summed E-state index contributed by atoms with van der Waals surface area (Å²) < 4.78 is 5.90. The van der Waals surface area contributed by atoms with Gasteiger partial charge in [-0.3, -0.25) is 4.84 Å². The number of carbonyl (C=O) groups excluding carboxylic acids is 1. The summed E-state index contributed by atoms with van der Waals surface area (Å²) in [5.74, 6) is 0.981. The standard InChI is InChI=1S/C35H42ClNO3/c1-24-19-21-26(22-20-24)35(25-11-3-2-4-12-25,32-17-9-10-18-33(32)36)40-37-34(38)39-23-31-29-15-7-5-13-27(29)28-14-6-8-16-30(28)31/h5-8,13-16,21,24-25,31H,2-4,9-12,17-20,22-23H2,1H3,(H,37,38). The van der Waals surface area contributed by atoms with Crippen LogP contribution in [0.1, 0.15) is 101 Å². The van der Waals surface area contributed by atoms with E-state index in [4.69, 9.17) is 21.2 Å². The zero-order valence-electron chi connectivity index (χ0n) is 23.7. The van der Waals surface area contributed by atoms with Gasteiger partial charge in [0.05, 0.1) is 0 Å². The third kappa shape index (κ3) is 5.25. The van der Waals surface area contributed by atoms with Crippen molar-refractivity contribution >= 4 is 17.7 Å². The van der Waals surface area contributed by atoms with E-state index in [-0.39, 0.29) is 12.5 Å². The first kappa shape index (κ1) is 27.6. The molecular formula is C35H42ClNO3. The number of carbonyl (C=O) groups is 1. The highest BCUT2D eigenvalue weighted by Crippen LogP contribution is 2.51. The predicted molar refractivity (Wildman–Crippen MR) is 161 cm³/mol. The van der Waals surface area contributed by atoms with Gasteiger partial charge >= 0.3 is 6.09 Å². The average Bonchev–Trinajstić information content (AvgIpc) is 3.32. The molecule has 0 aromatic heterocycles. The highest BCUT2D eigenvalue weighted by molar-refractivity contribution is 6.30. The minimum Gasteiger partial charge on any atom is -0.447 e. The Labute approximate surface area is 244 Å². The number of benzene rings is 2. The van der Waals surface area contributed by atoms with Gasteiger partial charge in [0, 0.05) is 11.0 Å². The van der Waals surface area contributed by atoms with Crippen LogP contribution < -0.4 is 5.48 Å². The molecular weight excluding hydrogens is 518 g/mol. The molecule has 0 radical (unpaired) electrons. The molecule has 212 valence electrons. The molecule has 0 spiro atoms. The lowest BCUT2D eigenvalue weighted by Gasteiger charge is -2.47. The molecule has 2 atom stereocenters. The summed E-state index contributed by atoms with van der Waals surface area (Å²) in [4.78, 5) is 20.1. The van der Waals surface area contributed by atoms with Gasteiger partial charge in [0.1, 0.15) is 12.2 Å². The number of rotatable bonds is 7. The summed E-state index contributed by atoms with van der Waals surface area (Å²) in [6.07, 6.45) is 14.9. The molecule has 40 heavy (non-hydrogen) atoms. The highest BCUT2D eigenvalue weighted by atomic mass is 35.5. The number of amides is 1. The van der Waals surface area contributed by atoms with Crippen molar-refractivity contribution in [2.75, 3.05) is 6.61 Å². The van der Waals surface area contributed by atoms with Gasteiger partial charge in [0.15, 0.2) is 0 Å². The molecule has 1 amide bonds. The van der Waals surface area contributed by atoms with Crippen LogP contribution in [0.25, 0.3) is 11.1 Å². The maximum Gasteiger partial charge on any atom is 0.431 e. The summed E-state index contributed by atoms with van der Waals surface area (Å²) in [6.45, 7) is 2.58. The van der Waals surface area contributed by atoms with Crippen molar-refractivity contribution in [3.8, 4) is 11.1 Å². The molecule has 0 aliphatic heterocycles. The van der Waals surface area contributed by atoms with Crippen molar-refractivity contribution in [1.29, 1.82) is 0 Å². The van der Waals surface area contributed by atoms with E-state index in [0.717, 1.165) is 62.8 Å². The van der Waals surface area contributed by atoms with Gasteiger partial charge < -0.3 is 4.74 Å². The van der Waals surface area contributed by atoms with Gasteiger partial charge in [-0.25, -0.2) is 4.79 Å². The molecule has 4 aliphatic carbocycles. The lowest BCUT2D eigenvalue weighted by atomic mass is 9.65. The smallest absolute Gasteiger partial charge is 0.431 e. The van der Waals surface area contributed by atoms with Crippen LogP contribution in [0.2, 0.25) is 0 Å².